The van der Waals surface area contributed by atoms with E-state index in [2.05, 4.69) is 0 Å². The number of aromatic nitrogens is 1. The zero-order valence-corrected chi connectivity index (χ0v) is 14.9. The molecule has 0 aliphatic carbocycles. The topological polar surface area (TPSA) is 79.5 Å². The lowest BCUT2D eigenvalue weighted by molar-refractivity contribution is -0.136. The third kappa shape index (κ3) is 2.91. The normalized spacial score (nSPS) is 11.1. The first-order valence-electron chi connectivity index (χ1n) is 7.45. The van der Waals surface area contributed by atoms with Gasteiger partial charge in [-0.15, -0.1) is 0 Å². The van der Waals surface area contributed by atoms with Gasteiger partial charge < -0.3 is 10.2 Å². The van der Waals surface area contributed by atoms with Gasteiger partial charge in [-0.2, -0.15) is 0 Å². The second kappa shape index (κ2) is 6.63. The van der Waals surface area contributed by atoms with E-state index >= 15 is 0 Å². The number of hydrogen-bond donors (Lipinski definition) is 2. The second-order valence-electron chi connectivity index (χ2n) is 5.70. The van der Waals surface area contributed by atoms with Gasteiger partial charge in [0.05, 0.1) is 22.0 Å². The van der Waals surface area contributed by atoms with E-state index in [9.17, 15) is 19.1 Å². The highest BCUT2D eigenvalue weighted by Crippen LogP contribution is 2.34. The molecular weight excluding hydrogens is 384 g/mol. The molecule has 0 radical (unpaired) electrons. The molecule has 0 aliphatic heterocycles. The molecule has 26 heavy (non-hydrogen) atoms. The molecule has 0 bridgehead atoms. The molecular formula is C18H12Cl2FNO4. The molecule has 3 aromatic rings. The molecule has 0 fully saturated rings. The Morgan fingerprint density at radius 3 is 2.46 bits per heavy atom. The lowest BCUT2D eigenvalue weighted by Gasteiger charge is -2.08. The van der Waals surface area contributed by atoms with Crippen molar-refractivity contribution in [1.29, 1.82) is 0 Å². The first-order chi connectivity index (χ1) is 12.2. The van der Waals surface area contributed by atoms with Gasteiger partial charge in [0.2, 0.25) is 0 Å². The van der Waals surface area contributed by atoms with Crippen LogP contribution in [0, 0.1) is 12.7 Å². The van der Waals surface area contributed by atoms with Crippen LogP contribution in [0.5, 0.6) is 5.75 Å². The molecule has 2 aromatic carbocycles. The summed E-state index contributed by atoms with van der Waals surface area (Å²) in [4.78, 5) is 24.1. The van der Waals surface area contributed by atoms with Crippen LogP contribution in [0.1, 0.15) is 21.6 Å². The van der Waals surface area contributed by atoms with Crippen molar-refractivity contribution in [1.82, 2.24) is 4.57 Å². The predicted molar refractivity (Wildman–Crippen MR) is 95.8 cm³/mol. The number of carboxylic acids is 1. The summed E-state index contributed by atoms with van der Waals surface area (Å²) in [6, 6.07) is 6.78. The molecule has 0 unspecified atom stereocenters. The number of carboxylic acid groups (broad SMARTS) is 1. The van der Waals surface area contributed by atoms with Crippen molar-refractivity contribution in [3.8, 4) is 5.75 Å². The van der Waals surface area contributed by atoms with Gasteiger partial charge in [-0.25, -0.2) is 4.39 Å². The summed E-state index contributed by atoms with van der Waals surface area (Å²) >= 11 is 11.8. The average molecular weight is 396 g/mol. The lowest BCUT2D eigenvalue weighted by Crippen LogP contribution is -2.14. The van der Waals surface area contributed by atoms with E-state index in [1.807, 2.05) is 0 Å². The van der Waals surface area contributed by atoms with E-state index in [1.165, 1.54) is 35.8 Å². The first-order valence-corrected chi connectivity index (χ1v) is 8.20. The molecule has 134 valence electrons. The summed E-state index contributed by atoms with van der Waals surface area (Å²) in [5.41, 5.74) is 0.747. The van der Waals surface area contributed by atoms with Crippen LogP contribution in [0.15, 0.2) is 30.3 Å². The monoisotopic (exact) mass is 395 g/mol. The average Bonchev–Trinajstić information content (AvgIpc) is 2.85. The van der Waals surface area contributed by atoms with Crippen molar-refractivity contribution in [3.05, 3.63) is 63.0 Å². The molecule has 0 aliphatic rings. The van der Waals surface area contributed by atoms with Crippen molar-refractivity contribution in [2.75, 3.05) is 0 Å². The number of benzene rings is 2. The smallest absolute Gasteiger partial charge is 0.307 e. The van der Waals surface area contributed by atoms with Gasteiger partial charge in [0.15, 0.2) is 11.6 Å². The molecule has 1 heterocycles. The minimum absolute atomic E-state index is 0.0988. The molecule has 0 amide bonds. The summed E-state index contributed by atoms with van der Waals surface area (Å²) in [5.74, 6) is -3.30. The van der Waals surface area contributed by atoms with Gasteiger partial charge in [-0.3, -0.25) is 14.2 Å². The Kier molecular flexibility index (Phi) is 4.64. The zero-order chi connectivity index (χ0) is 19.2. The maximum atomic E-state index is 14.5. The fraction of sp³-hybridized carbons (Fsp3) is 0.111. The predicted octanol–water partition coefficient (Wildman–Crippen LogP) is 4.42. The highest BCUT2D eigenvalue weighted by atomic mass is 35.5. The SMILES string of the molecule is Cc1c(CC(=O)O)c2c(F)c(O)ccc2n1C(=O)c1ccc(Cl)c(Cl)c1. The fourth-order valence-electron chi connectivity index (χ4n) is 2.91. The second-order valence-corrected chi connectivity index (χ2v) is 6.51. The van der Waals surface area contributed by atoms with Crippen molar-refractivity contribution >= 4 is 46.0 Å². The van der Waals surface area contributed by atoms with E-state index in [4.69, 9.17) is 28.3 Å². The van der Waals surface area contributed by atoms with Crippen LogP contribution in [-0.4, -0.2) is 26.7 Å². The van der Waals surface area contributed by atoms with Crippen LogP contribution in [0.25, 0.3) is 10.9 Å². The summed E-state index contributed by atoms with van der Waals surface area (Å²) in [7, 11) is 0. The highest BCUT2D eigenvalue weighted by molar-refractivity contribution is 6.42. The lowest BCUT2D eigenvalue weighted by atomic mass is 10.1. The number of carbonyl (C=O) groups excluding carboxylic acids is 1. The van der Waals surface area contributed by atoms with Gasteiger partial charge in [0, 0.05) is 16.6 Å². The number of aliphatic carboxylic acids is 1. The molecule has 8 heteroatoms. The van der Waals surface area contributed by atoms with Crippen molar-refractivity contribution in [2.24, 2.45) is 0 Å². The fourth-order valence-corrected chi connectivity index (χ4v) is 3.21. The van der Waals surface area contributed by atoms with E-state index in [1.54, 1.807) is 0 Å². The maximum absolute atomic E-state index is 14.5. The summed E-state index contributed by atoms with van der Waals surface area (Å²) < 4.78 is 15.7. The van der Waals surface area contributed by atoms with Crippen molar-refractivity contribution in [2.45, 2.75) is 13.3 Å². The standard InChI is InChI=1S/C18H12Cl2FNO4/c1-8-10(7-15(24)25)16-13(4-5-14(23)17(16)21)22(8)18(26)9-2-3-11(19)12(20)6-9/h2-6,23H,7H2,1H3,(H,24,25). The number of phenols is 1. The Morgan fingerprint density at radius 2 is 1.85 bits per heavy atom. The summed E-state index contributed by atoms with van der Waals surface area (Å²) in [6.45, 7) is 1.52. The van der Waals surface area contributed by atoms with Crippen LogP contribution >= 0.6 is 23.2 Å². The number of aromatic hydroxyl groups is 1. The minimum Gasteiger partial charge on any atom is -0.505 e. The van der Waals surface area contributed by atoms with Crippen LogP contribution in [0.2, 0.25) is 10.0 Å². The van der Waals surface area contributed by atoms with Crippen LogP contribution < -0.4 is 0 Å². The zero-order valence-electron chi connectivity index (χ0n) is 13.4. The molecule has 0 atom stereocenters. The number of carbonyl (C=O) groups is 2. The summed E-state index contributed by atoms with van der Waals surface area (Å²) in [6.07, 6.45) is -0.496. The van der Waals surface area contributed by atoms with E-state index in [0.29, 0.717) is 0 Å². The number of fused-ring (bicyclic) bond motifs is 1. The van der Waals surface area contributed by atoms with Crippen LogP contribution in [0.4, 0.5) is 4.39 Å². The third-order valence-electron chi connectivity index (χ3n) is 4.11. The minimum atomic E-state index is -1.18. The van der Waals surface area contributed by atoms with E-state index in [-0.39, 0.29) is 37.8 Å². The molecule has 0 saturated carbocycles. The molecule has 1 aromatic heterocycles. The Balaban J connectivity index is 2.30. The van der Waals surface area contributed by atoms with Crippen molar-refractivity contribution in [3.63, 3.8) is 0 Å². The van der Waals surface area contributed by atoms with E-state index in [0.717, 1.165) is 6.07 Å². The Labute approximate surface area is 157 Å². The highest BCUT2D eigenvalue weighted by Gasteiger charge is 2.25. The quantitative estimate of drug-likeness (QED) is 0.687. The number of hydrogen-bond acceptors (Lipinski definition) is 3. The Bertz CT molecular complexity index is 1070. The Morgan fingerprint density at radius 1 is 1.15 bits per heavy atom. The van der Waals surface area contributed by atoms with Gasteiger partial charge in [-0.05, 0) is 42.8 Å². The Hall–Kier alpha value is -2.57. The van der Waals surface area contributed by atoms with E-state index < -0.39 is 29.9 Å². The van der Waals surface area contributed by atoms with Gasteiger partial charge in [0.25, 0.3) is 5.91 Å². The van der Waals surface area contributed by atoms with Crippen LogP contribution in [-0.2, 0) is 11.2 Å². The number of halogens is 3. The van der Waals surface area contributed by atoms with Gasteiger partial charge >= 0.3 is 5.97 Å². The first kappa shape index (κ1) is 18.2. The largest absolute Gasteiger partial charge is 0.505 e. The summed E-state index contributed by atoms with van der Waals surface area (Å²) in [5, 5.41) is 19.1. The number of phenolic OH excluding ortho intramolecular Hbond substituents is 1. The van der Waals surface area contributed by atoms with Crippen LogP contribution in [0.3, 0.4) is 0 Å². The number of nitrogens with zero attached hydrogens (tertiary/aromatic N) is 1. The van der Waals surface area contributed by atoms with Gasteiger partial charge in [0.1, 0.15) is 0 Å². The molecule has 2 N–H and O–H groups in total. The molecule has 3 rings (SSSR count). The molecule has 0 saturated heterocycles. The maximum Gasteiger partial charge on any atom is 0.307 e. The van der Waals surface area contributed by atoms with Gasteiger partial charge in [-0.1, -0.05) is 23.2 Å². The molecule has 5 nitrogen and oxygen atoms in total. The number of rotatable bonds is 3. The van der Waals surface area contributed by atoms with Crippen molar-refractivity contribution < 1.29 is 24.2 Å². The third-order valence-corrected chi connectivity index (χ3v) is 4.85. The molecule has 0 spiro atoms.